The third kappa shape index (κ3) is 4.67. The summed E-state index contributed by atoms with van der Waals surface area (Å²) in [5.74, 6) is -0.244. The highest BCUT2D eigenvalue weighted by molar-refractivity contribution is 9.10. The van der Waals surface area contributed by atoms with Gasteiger partial charge in [0.1, 0.15) is 0 Å². The van der Waals surface area contributed by atoms with E-state index in [9.17, 15) is 4.79 Å². The van der Waals surface area contributed by atoms with Gasteiger partial charge in [-0.3, -0.25) is 9.48 Å². The van der Waals surface area contributed by atoms with E-state index in [-0.39, 0.29) is 5.91 Å². The molecule has 2 aromatic carbocycles. The van der Waals surface area contributed by atoms with Crippen molar-refractivity contribution in [2.45, 2.75) is 20.4 Å². The van der Waals surface area contributed by atoms with E-state index in [0.29, 0.717) is 12.1 Å². The van der Waals surface area contributed by atoms with Crippen molar-refractivity contribution in [3.63, 3.8) is 0 Å². The van der Waals surface area contributed by atoms with Crippen LogP contribution in [0, 0.1) is 13.8 Å². The summed E-state index contributed by atoms with van der Waals surface area (Å²) in [5.41, 5.74) is 7.12. The average Bonchev–Trinajstić information content (AvgIpc) is 2.92. The monoisotopic (exact) mass is 410 g/mol. The van der Waals surface area contributed by atoms with Crippen molar-refractivity contribution in [2.75, 3.05) is 0 Å². The van der Waals surface area contributed by atoms with Crippen LogP contribution in [0.25, 0.3) is 0 Å². The normalized spacial score (nSPS) is 11.0. The van der Waals surface area contributed by atoms with Crippen LogP contribution in [-0.2, 0) is 6.54 Å². The Morgan fingerprint density at radius 1 is 1.19 bits per heavy atom. The molecular formula is C20H19BrN4O. The predicted molar refractivity (Wildman–Crippen MR) is 106 cm³/mol. The Labute approximate surface area is 160 Å². The van der Waals surface area contributed by atoms with Gasteiger partial charge in [0.2, 0.25) is 0 Å². The minimum atomic E-state index is -0.244. The fourth-order valence-electron chi connectivity index (χ4n) is 2.64. The van der Waals surface area contributed by atoms with Crippen LogP contribution in [-0.4, -0.2) is 21.9 Å². The van der Waals surface area contributed by atoms with Gasteiger partial charge < -0.3 is 0 Å². The van der Waals surface area contributed by atoms with Gasteiger partial charge in [-0.05, 0) is 55.3 Å². The first-order chi connectivity index (χ1) is 12.5. The standard InChI is InChI=1S/C20H19BrN4O/c1-14-9-15(2)25(24-14)13-17-6-3-7-18(10-17)20(26)23-22-12-16-5-4-8-19(21)11-16/h3-12H,13H2,1-2H3,(H,23,26). The van der Waals surface area contributed by atoms with E-state index in [0.717, 1.165) is 27.0 Å². The zero-order valence-electron chi connectivity index (χ0n) is 14.6. The zero-order valence-corrected chi connectivity index (χ0v) is 16.2. The van der Waals surface area contributed by atoms with Gasteiger partial charge in [0, 0.05) is 15.7 Å². The number of carbonyl (C=O) groups is 1. The van der Waals surface area contributed by atoms with Crippen molar-refractivity contribution in [1.29, 1.82) is 0 Å². The third-order valence-corrected chi connectivity index (χ3v) is 4.35. The summed E-state index contributed by atoms with van der Waals surface area (Å²) in [6.07, 6.45) is 1.61. The molecule has 0 atom stereocenters. The van der Waals surface area contributed by atoms with Crippen molar-refractivity contribution in [3.05, 3.63) is 87.1 Å². The molecule has 26 heavy (non-hydrogen) atoms. The fourth-order valence-corrected chi connectivity index (χ4v) is 3.05. The molecule has 1 N–H and O–H groups in total. The Balaban J connectivity index is 1.67. The Kier molecular flexibility index (Phi) is 5.63. The summed E-state index contributed by atoms with van der Waals surface area (Å²) < 4.78 is 2.89. The van der Waals surface area contributed by atoms with Gasteiger partial charge in [-0.1, -0.05) is 40.2 Å². The molecule has 0 fully saturated rings. The van der Waals surface area contributed by atoms with Crippen molar-refractivity contribution >= 4 is 28.1 Å². The van der Waals surface area contributed by atoms with Crippen molar-refractivity contribution in [2.24, 2.45) is 5.10 Å². The van der Waals surface area contributed by atoms with E-state index in [1.54, 1.807) is 12.3 Å². The minimum Gasteiger partial charge on any atom is -0.267 e. The lowest BCUT2D eigenvalue weighted by Gasteiger charge is -2.06. The van der Waals surface area contributed by atoms with E-state index in [2.05, 4.69) is 31.6 Å². The molecule has 1 aromatic heterocycles. The second-order valence-electron chi connectivity index (χ2n) is 6.04. The Bertz CT molecular complexity index is 962. The van der Waals surface area contributed by atoms with Crippen LogP contribution >= 0.6 is 15.9 Å². The summed E-state index contributed by atoms with van der Waals surface area (Å²) in [6.45, 7) is 4.62. The van der Waals surface area contributed by atoms with Crippen molar-refractivity contribution < 1.29 is 4.79 Å². The predicted octanol–water partition coefficient (Wildman–Crippen LogP) is 4.07. The number of carbonyl (C=O) groups excluding carboxylic acids is 1. The molecule has 0 saturated heterocycles. The number of halogens is 1. The van der Waals surface area contributed by atoms with Crippen LogP contribution in [0.15, 0.2) is 64.2 Å². The molecule has 3 rings (SSSR count). The number of hydrogen-bond donors (Lipinski definition) is 1. The third-order valence-electron chi connectivity index (χ3n) is 3.85. The number of aromatic nitrogens is 2. The second-order valence-corrected chi connectivity index (χ2v) is 6.95. The maximum atomic E-state index is 12.3. The lowest BCUT2D eigenvalue weighted by Crippen LogP contribution is -2.18. The first-order valence-corrected chi connectivity index (χ1v) is 8.99. The number of benzene rings is 2. The highest BCUT2D eigenvalue weighted by Gasteiger charge is 2.07. The molecule has 0 saturated carbocycles. The minimum absolute atomic E-state index is 0.244. The topological polar surface area (TPSA) is 59.3 Å². The van der Waals surface area contributed by atoms with Crippen molar-refractivity contribution in [1.82, 2.24) is 15.2 Å². The van der Waals surface area contributed by atoms with Crippen LogP contribution in [0.2, 0.25) is 0 Å². The highest BCUT2D eigenvalue weighted by Crippen LogP contribution is 2.11. The molecule has 1 heterocycles. The van der Waals surface area contributed by atoms with Gasteiger partial charge in [-0.15, -0.1) is 0 Å². The summed E-state index contributed by atoms with van der Waals surface area (Å²) in [7, 11) is 0. The molecule has 132 valence electrons. The number of amides is 1. The summed E-state index contributed by atoms with van der Waals surface area (Å²) in [4.78, 5) is 12.3. The number of nitrogens with zero attached hydrogens (tertiary/aromatic N) is 3. The van der Waals surface area contributed by atoms with Crippen LogP contribution in [0.3, 0.4) is 0 Å². The molecule has 0 aliphatic carbocycles. The molecule has 3 aromatic rings. The highest BCUT2D eigenvalue weighted by atomic mass is 79.9. The van der Waals surface area contributed by atoms with Gasteiger partial charge in [0.25, 0.3) is 5.91 Å². The maximum Gasteiger partial charge on any atom is 0.271 e. The summed E-state index contributed by atoms with van der Waals surface area (Å²) in [5, 5.41) is 8.49. The van der Waals surface area contributed by atoms with Gasteiger partial charge in [0.15, 0.2) is 0 Å². The van der Waals surface area contributed by atoms with Gasteiger partial charge in [-0.2, -0.15) is 10.2 Å². The number of hydrogen-bond acceptors (Lipinski definition) is 3. The molecule has 6 heteroatoms. The molecular weight excluding hydrogens is 392 g/mol. The SMILES string of the molecule is Cc1cc(C)n(Cc2cccc(C(=O)NN=Cc3cccc(Br)c3)c2)n1. The lowest BCUT2D eigenvalue weighted by molar-refractivity contribution is 0.0955. The van der Waals surface area contributed by atoms with E-state index < -0.39 is 0 Å². The van der Waals surface area contributed by atoms with Gasteiger partial charge >= 0.3 is 0 Å². The number of nitrogens with one attached hydrogen (secondary N) is 1. The number of aryl methyl sites for hydroxylation is 2. The Hall–Kier alpha value is -2.73. The van der Waals surface area contributed by atoms with Crippen LogP contribution in [0.4, 0.5) is 0 Å². The molecule has 1 amide bonds. The maximum absolute atomic E-state index is 12.3. The molecule has 0 radical (unpaired) electrons. The molecule has 5 nitrogen and oxygen atoms in total. The van der Waals surface area contributed by atoms with E-state index in [1.807, 2.05) is 67.1 Å². The molecule has 0 bridgehead atoms. The molecule has 0 unspecified atom stereocenters. The van der Waals surface area contributed by atoms with Crippen molar-refractivity contribution in [3.8, 4) is 0 Å². The van der Waals surface area contributed by atoms with Gasteiger partial charge in [0.05, 0.1) is 18.5 Å². The first kappa shape index (κ1) is 18.1. The van der Waals surface area contributed by atoms with E-state index in [1.165, 1.54) is 0 Å². The summed E-state index contributed by atoms with van der Waals surface area (Å²) >= 11 is 3.41. The summed E-state index contributed by atoms with van der Waals surface area (Å²) in [6, 6.07) is 17.2. The largest absolute Gasteiger partial charge is 0.271 e. The van der Waals surface area contributed by atoms with E-state index >= 15 is 0 Å². The second kappa shape index (κ2) is 8.10. The Morgan fingerprint density at radius 3 is 2.73 bits per heavy atom. The fraction of sp³-hybridized carbons (Fsp3) is 0.150. The van der Waals surface area contributed by atoms with Gasteiger partial charge in [-0.25, -0.2) is 5.43 Å². The number of hydrazone groups is 1. The molecule has 0 spiro atoms. The average molecular weight is 411 g/mol. The molecule has 0 aliphatic heterocycles. The zero-order chi connectivity index (χ0) is 18.5. The number of rotatable bonds is 5. The van der Waals surface area contributed by atoms with E-state index in [4.69, 9.17) is 0 Å². The lowest BCUT2D eigenvalue weighted by atomic mass is 10.1. The Morgan fingerprint density at radius 2 is 2.00 bits per heavy atom. The van der Waals surface area contributed by atoms with Crippen LogP contribution < -0.4 is 5.43 Å². The van der Waals surface area contributed by atoms with Crippen LogP contribution in [0.1, 0.15) is 32.9 Å². The quantitative estimate of drug-likeness (QED) is 0.508. The first-order valence-electron chi connectivity index (χ1n) is 8.20. The smallest absolute Gasteiger partial charge is 0.267 e. The van der Waals surface area contributed by atoms with Crippen LogP contribution in [0.5, 0.6) is 0 Å². The molecule has 0 aliphatic rings.